The standard InChI is InChI=1S/C4H7F3N2/c1-2-3-4(8-5)9(6)7/h2-3H2,1H3. The van der Waals surface area contributed by atoms with E-state index < -0.39 is 11.2 Å². The van der Waals surface area contributed by atoms with Crippen molar-refractivity contribution < 1.29 is 13.4 Å². The van der Waals surface area contributed by atoms with Crippen LogP contribution in [-0.2, 0) is 0 Å². The molecule has 0 aliphatic rings. The first-order valence-electron chi connectivity index (χ1n) is 2.51. The van der Waals surface area contributed by atoms with Crippen LogP contribution >= 0.6 is 0 Å². The molecule has 2 nitrogen and oxygen atoms in total. The second-order valence-corrected chi connectivity index (χ2v) is 1.48. The van der Waals surface area contributed by atoms with Gasteiger partial charge in [0.15, 0.2) is 0 Å². The van der Waals surface area contributed by atoms with Gasteiger partial charge in [-0.05, 0) is 11.8 Å². The van der Waals surface area contributed by atoms with Crippen molar-refractivity contribution in [3.8, 4) is 0 Å². The van der Waals surface area contributed by atoms with E-state index in [9.17, 15) is 13.4 Å². The molecule has 0 spiro atoms. The minimum atomic E-state index is -1.32. The molecule has 54 valence electrons. The van der Waals surface area contributed by atoms with Crippen molar-refractivity contribution in [2.75, 3.05) is 0 Å². The molecule has 0 radical (unpaired) electrons. The molecule has 0 atom stereocenters. The number of amidine groups is 1. The van der Waals surface area contributed by atoms with Crippen LogP contribution in [0.15, 0.2) is 5.21 Å². The fourth-order valence-corrected chi connectivity index (χ4v) is 0.379. The summed E-state index contributed by atoms with van der Waals surface area (Å²) >= 11 is 0. The van der Waals surface area contributed by atoms with E-state index in [0.29, 0.717) is 6.42 Å². The summed E-state index contributed by atoms with van der Waals surface area (Å²) in [6.07, 6.45) is 0.413. The largest absolute Gasteiger partial charge is 0.202 e. The summed E-state index contributed by atoms with van der Waals surface area (Å²) in [7, 11) is 0. The molecule has 0 N–H and O–H groups in total. The Balaban J connectivity index is 3.70. The van der Waals surface area contributed by atoms with Crippen molar-refractivity contribution in [2.24, 2.45) is 5.21 Å². The van der Waals surface area contributed by atoms with Crippen LogP contribution in [0.1, 0.15) is 19.8 Å². The van der Waals surface area contributed by atoms with Gasteiger partial charge in [0.1, 0.15) is 0 Å². The smallest absolute Gasteiger partial charge is 0.0735 e. The first kappa shape index (κ1) is 8.26. The second kappa shape index (κ2) is 4.17. The highest BCUT2D eigenvalue weighted by molar-refractivity contribution is 5.79. The highest BCUT2D eigenvalue weighted by Crippen LogP contribution is 2.01. The van der Waals surface area contributed by atoms with E-state index in [-0.39, 0.29) is 6.42 Å². The Kier molecular flexibility index (Phi) is 3.83. The molecule has 0 bridgehead atoms. The molecule has 0 heterocycles. The number of nitrogens with zero attached hydrogens (tertiary/aromatic N) is 2. The molecule has 0 saturated heterocycles. The van der Waals surface area contributed by atoms with Crippen LogP contribution < -0.4 is 0 Å². The molecule has 5 heteroatoms. The SMILES string of the molecule is CCCC(=NF)N(F)F. The Bertz CT molecular complexity index is 102. The van der Waals surface area contributed by atoms with Gasteiger partial charge in [-0.2, -0.15) is 0 Å². The normalized spacial score (nSPS) is 11.8. The van der Waals surface area contributed by atoms with E-state index in [2.05, 4.69) is 0 Å². The van der Waals surface area contributed by atoms with Gasteiger partial charge in [-0.3, -0.25) is 0 Å². The Morgan fingerprint density at radius 3 is 2.22 bits per heavy atom. The summed E-state index contributed by atoms with van der Waals surface area (Å²) in [4.78, 5) is 0. The molecule has 0 aromatic heterocycles. The van der Waals surface area contributed by atoms with Crippen LogP contribution in [-0.4, -0.2) is 11.2 Å². The van der Waals surface area contributed by atoms with Gasteiger partial charge in [0.25, 0.3) is 0 Å². The monoisotopic (exact) mass is 140 g/mol. The molecule has 0 aliphatic carbocycles. The van der Waals surface area contributed by atoms with Gasteiger partial charge in [-0.25, -0.2) is 0 Å². The highest BCUT2D eigenvalue weighted by Gasteiger charge is 2.07. The fourth-order valence-electron chi connectivity index (χ4n) is 0.379. The number of halogens is 3. The van der Waals surface area contributed by atoms with E-state index in [1.54, 1.807) is 6.92 Å². The summed E-state index contributed by atoms with van der Waals surface area (Å²) in [6, 6.07) is 0. The molecule has 0 unspecified atom stereocenters. The third-order valence-corrected chi connectivity index (χ3v) is 0.766. The van der Waals surface area contributed by atoms with Gasteiger partial charge in [0.2, 0.25) is 5.84 Å². The first-order chi connectivity index (χ1) is 4.22. The predicted molar refractivity (Wildman–Crippen MR) is 27.5 cm³/mol. The third-order valence-electron chi connectivity index (χ3n) is 0.766. The van der Waals surface area contributed by atoms with Crippen LogP contribution in [0, 0.1) is 0 Å². The molecule has 0 aliphatic heterocycles. The molecular formula is C4H7F3N2. The predicted octanol–water partition coefficient (Wildman–Crippen LogP) is 2.14. The lowest BCUT2D eigenvalue weighted by Gasteiger charge is -1.99. The second-order valence-electron chi connectivity index (χ2n) is 1.48. The van der Waals surface area contributed by atoms with Crippen molar-refractivity contribution in [2.45, 2.75) is 19.8 Å². The molecule has 0 rings (SSSR count). The van der Waals surface area contributed by atoms with Crippen LogP contribution in [0.25, 0.3) is 0 Å². The summed E-state index contributed by atoms with van der Waals surface area (Å²) in [5, 5.41) is 0.554. The number of rotatable bonds is 2. The zero-order chi connectivity index (χ0) is 7.28. The minimum Gasteiger partial charge on any atom is -0.0735 e. The van der Waals surface area contributed by atoms with Gasteiger partial charge in [-0.15, -0.1) is 0 Å². The van der Waals surface area contributed by atoms with Crippen molar-refractivity contribution in [1.29, 1.82) is 0 Å². The molecular weight excluding hydrogens is 133 g/mol. The number of hydrogen-bond donors (Lipinski definition) is 0. The summed E-state index contributed by atoms with van der Waals surface area (Å²) < 4.78 is 33.9. The Labute approximate surface area is 50.8 Å². The zero-order valence-electron chi connectivity index (χ0n) is 4.94. The van der Waals surface area contributed by atoms with E-state index >= 15 is 0 Å². The lowest BCUT2D eigenvalue weighted by molar-refractivity contribution is -0.0776. The van der Waals surface area contributed by atoms with Crippen molar-refractivity contribution >= 4 is 5.84 Å². The molecule has 9 heavy (non-hydrogen) atoms. The maximum absolute atomic E-state index is 11.3. The van der Waals surface area contributed by atoms with E-state index in [1.165, 1.54) is 0 Å². The number of hydrogen-bond acceptors (Lipinski definition) is 1. The lowest BCUT2D eigenvalue weighted by Crippen LogP contribution is -2.12. The zero-order valence-corrected chi connectivity index (χ0v) is 4.94. The average Bonchev–Trinajstić information content (AvgIpc) is 1.82. The minimum absolute atomic E-state index is 0.0382. The maximum Gasteiger partial charge on any atom is 0.202 e. The van der Waals surface area contributed by atoms with E-state index in [0.717, 1.165) is 0 Å². The van der Waals surface area contributed by atoms with Crippen LogP contribution in [0.4, 0.5) is 13.4 Å². The first-order valence-corrected chi connectivity index (χ1v) is 2.51. The Hall–Kier alpha value is -0.740. The summed E-state index contributed by atoms with van der Waals surface area (Å²) in [5.41, 5.74) is 0. The molecule has 0 saturated carbocycles. The van der Waals surface area contributed by atoms with Crippen molar-refractivity contribution in [1.82, 2.24) is 5.34 Å². The van der Waals surface area contributed by atoms with Gasteiger partial charge < -0.3 is 0 Å². The Morgan fingerprint density at radius 1 is 1.56 bits per heavy atom. The van der Waals surface area contributed by atoms with Gasteiger partial charge in [-0.1, -0.05) is 25.6 Å². The van der Waals surface area contributed by atoms with Crippen LogP contribution in [0.3, 0.4) is 0 Å². The van der Waals surface area contributed by atoms with Gasteiger partial charge in [0, 0.05) is 6.42 Å². The summed E-state index contributed by atoms with van der Waals surface area (Å²) in [5.74, 6) is -0.822. The third kappa shape index (κ3) is 2.94. The fraction of sp³-hybridized carbons (Fsp3) is 0.750. The van der Waals surface area contributed by atoms with Crippen molar-refractivity contribution in [3.63, 3.8) is 0 Å². The van der Waals surface area contributed by atoms with Crippen LogP contribution in [0.5, 0.6) is 0 Å². The van der Waals surface area contributed by atoms with E-state index in [1.807, 2.05) is 5.21 Å². The highest BCUT2D eigenvalue weighted by atomic mass is 19.4. The quantitative estimate of drug-likeness (QED) is 0.326. The summed E-state index contributed by atoms with van der Waals surface area (Å²) in [6.45, 7) is 1.66. The molecule has 0 fully saturated rings. The van der Waals surface area contributed by atoms with Crippen LogP contribution in [0.2, 0.25) is 0 Å². The molecule has 0 aromatic rings. The van der Waals surface area contributed by atoms with Gasteiger partial charge in [0.05, 0.1) is 0 Å². The molecule has 0 amide bonds. The van der Waals surface area contributed by atoms with Gasteiger partial charge >= 0.3 is 0 Å². The van der Waals surface area contributed by atoms with E-state index in [4.69, 9.17) is 0 Å². The van der Waals surface area contributed by atoms with Crippen molar-refractivity contribution in [3.05, 3.63) is 0 Å². The lowest BCUT2D eigenvalue weighted by atomic mass is 10.3. The molecule has 0 aromatic carbocycles. The maximum atomic E-state index is 11.3. The topological polar surface area (TPSA) is 15.6 Å². The average molecular weight is 140 g/mol. The Morgan fingerprint density at radius 2 is 2.11 bits per heavy atom.